The van der Waals surface area contributed by atoms with E-state index in [1.54, 1.807) is 18.0 Å². The van der Waals surface area contributed by atoms with Crippen LogP contribution in [0.3, 0.4) is 0 Å². The minimum absolute atomic E-state index is 0.257. The fourth-order valence-corrected chi connectivity index (χ4v) is 2.64. The lowest BCUT2D eigenvalue weighted by Crippen LogP contribution is -2.16. The number of nitrogens with two attached hydrogens (primary N) is 1. The van der Waals surface area contributed by atoms with Crippen molar-refractivity contribution < 1.29 is 14.3 Å². The first-order valence-electron chi connectivity index (χ1n) is 7.48. The Morgan fingerprint density at radius 1 is 1.52 bits per heavy atom. The fraction of sp³-hybridized carbons (Fsp3) is 0.375. The highest BCUT2D eigenvalue weighted by atomic mass is 16.5. The Labute approximate surface area is 134 Å². The van der Waals surface area contributed by atoms with Gasteiger partial charge in [0.1, 0.15) is 18.1 Å². The van der Waals surface area contributed by atoms with Gasteiger partial charge in [0.05, 0.1) is 18.7 Å². The minimum Gasteiger partial charge on any atom is -0.492 e. The number of hydrogen-bond donors (Lipinski definition) is 2. The molecule has 0 saturated heterocycles. The lowest BCUT2D eigenvalue weighted by molar-refractivity contribution is 0.0995. The van der Waals surface area contributed by atoms with Crippen molar-refractivity contribution in [2.24, 2.45) is 5.73 Å². The molecule has 2 aromatic rings. The summed E-state index contributed by atoms with van der Waals surface area (Å²) in [5, 5.41) is 7.71. The van der Waals surface area contributed by atoms with Crippen LogP contribution in [0, 0.1) is 0 Å². The number of amides is 1. The zero-order valence-corrected chi connectivity index (χ0v) is 13.0. The van der Waals surface area contributed by atoms with Crippen LogP contribution >= 0.6 is 0 Å². The van der Waals surface area contributed by atoms with E-state index in [1.165, 1.54) is 0 Å². The maximum Gasteiger partial charge on any atom is 0.252 e. The van der Waals surface area contributed by atoms with Gasteiger partial charge in [-0.25, -0.2) is 0 Å². The van der Waals surface area contributed by atoms with Gasteiger partial charge in [0.15, 0.2) is 0 Å². The standard InChI is InChI=1S/C16H20N4O3/c1-22-10-14-13(16(17)21)9-20(19-14)8-11-2-3-15-12(6-11)7-18-4-5-23-15/h2-3,6,9,18H,4-5,7-8,10H2,1H3,(H2,17,21). The molecule has 1 aliphatic rings. The Balaban J connectivity index is 1.83. The number of nitrogens with one attached hydrogen (secondary N) is 1. The number of methoxy groups -OCH3 is 1. The highest BCUT2D eigenvalue weighted by molar-refractivity contribution is 5.93. The molecular formula is C16H20N4O3. The van der Waals surface area contributed by atoms with Gasteiger partial charge in [-0.15, -0.1) is 0 Å². The van der Waals surface area contributed by atoms with Crippen molar-refractivity contribution in [3.05, 3.63) is 46.8 Å². The van der Waals surface area contributed by atoms with E-state index in [0.717, 1.165) is 30.0 Å². The predicted molar refractivity (Wildman–Crippen MR) is 84.2 cm³/mol. The summed E-state index contributed by atoms with van der Waals surface area (Å²) < 4.78 is 12.4. The number of hydrogen-bond acceptors (Lipinski definition) is 5. The number of primary amides is 1. The highest BCUT2D eigenvalue weighted by Gasteiger charge is 2.14. The number of benzene rings is 1. The van der Waals surface area contributed by atoms with E-state index >= 15 is 0 Å². The maximum absolute atomic E-state index is 11.5. The number of fused-ring (bicyclic) bond motifs is 1. The van der Waals surface area contributed by atoms with Crippen LogP contribution in [0.1, 0.15) is 27.2 Å². The summed E-state index contributed by atoms with van der Waals surface area (Å²) in [6.45, 7) is 3.10. The van der Waals surface area contributed by atoms with Crippen molar-refractivity contribution in [3.8, 4) is 5.75 Å². The van der Waals surface area contributed by atoms with Gasteiger partial charge in [0, 0.05) is 32.0 Å². The zero-order valence-electron chi connectivity index (χ0n) is 13.0. The maximum atomic E-state index is 11.5. The van der Waals surface area contributed by atoms with Crippen molar-refractivity contribution in [1.82, 2.24) is 15.1 Å². The smallest absolute Gasteiger partial charge is 0.252 e. The van der Waals surface area contributed by atoms with Crippen LogP contribution in [0.4, 0.5) is 0 Å². The first-order chi connectivity index (χ1) is 11.2. The highest BCUT2D eigenvalue weighted by Crippen LogP contribution is 2.22. The van der Waals surface area contributed by atoms with E-state index in [2.05, 4.69) is 16.5 Å². The summed E-state index contributed by atoms with van der Waals surface area (Å²) >= 11 is 0. The quantitative estimate of drug-likeness (QED) is 0.845. The molecule has 23 heavy (non-hydrogen) atoms. The van der Waals surface area contributed by atoms with Crippen LogP contribution in [-0.4, -0.2) is 35.9 Å². The lowest BCUT2D eigenvalue weighted by Gasteiger charge is -2.09. The van der Waals surface area contributed by atoms with Crippen LogP contribution in [0.2, 0.25) is 0 Å². The molecule has 0 spiro atoms. The SMILES string of the molecule is COCc1nn(Cc2ccc3c(c2)CNCCO3)cc1C(N)=O. The molecule has 7 nitrogen and oxygen atoms in total. The molecule has 7 heteroatoms. The Hall–Kier alpha value is -2.38. The van der Waals surface area contributed by atoms with Crippen molar-refractivity contribution in [2.75, 3.05) is 20.3 Å². The molecule has 0 aliphatic carbocycles. The lowest BCUT2D eigenvalue weighted by atomic mass is 10.1. The molecule has 1 aromatic heterocycles. The summed E-state index contributed by atoms with van der Waals surface area (Å²) in [4.78, 5) is 11.5. The van der Waals surface area contributed by atoms with Crippen LogP contribution in [0.5, 0.6) is 5.75 Å². The van der Waals surface area contributed by atoms with Crippen LogP contribution < -0.4 is 15.8 Å². The molecule has 122 valence electrons. The van der Waals surface area contributed by atoms with E-state index in [9.17, 15) is 4.79 Å². The molecule has 3 rings (SSSR count). The number of rotatable bonds is 5. The molecule has 1 aliphatic heterocycles. The van der Waals surface area contributed by atoms with Crippen molar-refractivity contribution in [1.29, 1.82) is 0 Å². The van der Waals surface area contributed by atoms with E-state index in [0.29, 0.717) is 24.4 Å². The molecule has 1 amide bonds. The Morgan fingerprint density at radius 2 is 2.39 bits per heavy atom. The molecule has 3 N–H and O–H groups in total. The molecule has 1 aromatic carbocycles. The van der Waals surface area contributed by atoms with Gasteiger partial charge < -0.3 is 20.5 Å². The third-order valence-electron chi connectivity index (χ3n) is 3.71. The second-order valence-electron chi connectivity index (χ2n) is 5.45. The van der Waals surface area contributed by atoms with Crippen LogP contribution in [0.25, 0.3) is 0 Å². The molecule has 0 radical (unpaired) electrons. The predicted octanol–water partition coefficient (Wildman–Crippen LogP) is 0.659. The topological polar surface area (TPSA) is 91.4 Å². The third-order valence-corrected chi connectivity index (χ3v) is 3.71. The summed E-state index contributed by atoms with van der Waals surface area (Å²) in [6.07, 6.45) is 1.66. The number of carbonyl (C=O) groups is 1. The van der Waals surface area contributed by atoms with Crippen molar-refractivity contribution >= 4 is 5.91 Å². The van der Waals surface area contributed by atoms with E-state index < -0.39 is 5.91 Å². The fourth-order valence-electron chi connectivity index (χ4n) is 2.64. The zero-order chi connectivity index (χ0) is 16.2. The minimum atomic E-state index is -0.497. The van der Waals surface area contributed by atoms with Gasteiger partial charge in [0.2, 0.25) is 0 Å². The summed E-state index contributed by atoms with van der Waals surface area (Å²) in [5.74, 6) is 0.417. The molecular weight excluding hydrogens is 296 g/mol. The van der Waals surface area contributed by atoms with Gasteiger partial charge in [0.25, 0.3) is 5.91 Å². The molecule has 0 bridgehead atoms. The molecule has 0 fully saturated rings. The van der Waals surface area contributed by atoms with Gasteiger partial charge in [-0.2, -0.15) is 5.10 Å². The largest absolute Gasteiger partial charge is 0.492 e. The molecule has 0 saturated carbocycles. The third kappa shape index (κ3) is 3.52. The molecule has 0 unspecified atom stereocenters. The Kier molecular flexibility index (Phi) is 4.59. The number of carbonyl (C=O) groups excluding carboxylic acids is 1. The number of aromatic nitrogens is 2. The molecule has 0 atom stereocenters. The van der Waals surface area contributed by atoms with E-state index in [1.807, 2.05) is 12.1 Å². The average Bonchev–Trinajstić information content (AvgIpc) is 2.77. The van der Waals surface area contributed by atoms with Crippen molar-refractivity contribution in [2.45, 2.75) is 19.7 Å². The first-order valence-corrected chi connectivity index (χ1v) is 7.48. The van der Waals surface area contributed by atoms with E-state index in [4.69, 9.17) is 15.2 Å². The average molecular weight is 316 g/mol. The summed E-state index contributed by atoms with van der Waals surface area (Å²) in [7, 11) is 1.56. The number of nitrogens with zero attached hydrogens (tertiary/aromatic N) is 2. The second kappa shape index (κ2) is 6.80. The van der Waals surface area contributed by atoms with E-state index in [-0.39, 0.29) is 6.61 Å². The molecule has 2 heterocycles. The van der Waals surface area contributed by atoms with Crippen molar-refractivity contribution in [3.63, 3.8) is 0 Å². The Morgan fingerprint density at radius 3 is 3.17 bits per heavy atom. The van der Waals surface area contributed by atoms with Gasteiger partial charge >= 0.3 is 0 Å². The second-order valence-corrected chi connectivity index (χ2v) is 5.45. The summed E-state index contributed by atoms with van der Waals surface area (Å²) in [6, 6.07) is 6.08. The van der Waals surface area contributed by atoms with Gasteiger partial charge in [-0.05, 0) is 17.7 Å². The van der Waals surface area contributed by atoms with Gasteiger partial charge in [-0.3, -0.25) is 9.48 Å². The van der Waals surface area contributed by atoms with Gasteiger partial charge in [-0.1, -0.05) is 6.07 Å². The normalized spacial score (nSPS) is 14.0. The summed E-state index contributed by atoms with van der Waals surface area (Å²) in [5.41, 5.74) is 8.54. The van der Waals surface area contributed by atoms with Crippen LogP contribution in [-0.2, 0) is 24.4 Å². The van der Waals surface area contributed by atoms with Crippen LogP contribution in [0.15, 0.2) is 24.4 Å². The number of ether oxygens (including phenoxy) is 2. The Bertz CT molecular complexity index is 711. The monoisotopic (exact) mass is 316 g/mol. The first kappa shape index (κ1) is 15.5.